The zero-order valence-electron chi connectivity index (χ0n) is 15.5. The average Bonchev–Trinajstić information content (AvgIpc) is 2.65. The lowest BCUT2D eigenvalue weighted by molar-refractivity contribution is 0.302. The standard InChI is InChI=1S/C22H30INOS/c23-19-13-7-9-15-21(19)25-17-11-5-3-1-2-4-6-12-18-26-22-16-10-8-14-20(22)24/h7-10,13-16H,1-6,11-12,17-18,24H2. The van der Waals surface area contributed by atoms with Gasteiger partial charge in [0, 0.05) is 10.6 Å². The van der Waals surface area contributed by atoms with Gasteiger partial charge in [0.1, 0.15) is 5.75 Å². The number of unbranched alkanes of at least 4 members (excludes halogenated alkanes) is 7. The van der Waals surface area contributed by atoms with Gasteiger partial charge in [-0.1, -0.05) is 62.8 Å². The molecule has 0 aliphatic rings. The Balaban J connectivity index is 1.37. The highest BCUT2D eigenvalue weighted by Gasteiger charge is 2.00. The molecule has 26 heavy (non-hydrogen) atoms. The third-order valence-electron chi connectivity index (χ3n) is 4.31. The van der Waals surface area contributed by atoms with Crippen LogP contribution in [0, 0.1) is 3.57 Å². The molecule has 0 amide bonds. The molecule has 0 aromatic heterocycles. The first-order valence-electron chi connectivity index (χ1n) is 9.62. The van der Waals surface area contributed by atoms with E-state index in [1.165, 1.54) is 59.2 Å². The fourth-order valence-electron chi connectivity index (χ4n) is 2.80. The van der Waals surface area contributed by atoms with E-state index in [0.717, 1.165) is 24.5 Å². The van der Waals surface area contributed by atoms with E-state index in [1.54, 1.807) is 0 Å². The molecular weight excluding hydrogens is 453 g/mol. The summed E-state index contributed by atoms with van der Waals surface area (Å²) >= 11 is 4.21. The summed E-state index contributed by atoms with van der Waals surface area (Å²) in [6, 6.07) is 16.4. The summed E-state index contributed by atoms with van der Waals surface area (Å²) < 4.78 is 7.03. The number of benzene rings is 2. The number of hydrogen-bond donors (Lipinski definition) is 1. The second-order valence-electron chi connectivity index (χ2n) is 6.49. The Labute approximate surface area is 176 Å². The third kappa shape index (κ3) is 8.67. The molecule has 142 valence electrons. The number of ether oxygens (including phenoxy) is 1. The maximum atomic E-state index is 5.96. The Morgan fingerprint density at radius 3 is 2.12 bits per heavy atom. The fraction of sp³-hybridized carbons (Fsp3) is 0.455. The van der Waals surface area contributed by atoms with Crippen LogP contribution in [0.5, 0.6) is 5.75 Å². The van der Waals surface area contributed by atoms with Crippen molar-refractivity contribution in [2.75, 3.05) is 18.1 Å². The zero-order chi connectivity index (χ0) is 18.5. The van der Waals surface area contributed by atoms with Crippen molar-refractivity contribution in [3.63, 3.8) is 0 Å². The predicted octanol–water partition coefficient (Wildman–Crippen LogP) is 7.17. The van der Waals surface area contributed by atoms with Crippen molar-refractivity contribution in [3.05, 3.63) is 52.1 Å². The molecule has 0 heterocycles. The van der Waals surface area contributed by atoms with Crippen LogP contribution in [0.25, 0.3) is 0 Å². The van der Waals surface area contributed by atoms with Gasteiger partial charge < -0.3 is 10.5 Å². The number of rotatable bonds is 13. The van der Waals surface area contributed by atoms with Crippen LogP contribution in [0.2, 0.25) is 0 Å². The maximum Gasteiger partial charge on any atom is 0.132 e. The first-order chi connectivity index (χ1) is 12.8. The molecule has 2 N–H and O–H groups in total. The molecule has 2 aromatic carbocycles. The Hall–Kier alpha value is -0.880. The van der Waals surface area contributed by atoms with Gasteiger partial charge in [-0.25, -0.2) is 0 Å². The SMILES string of the molecule is Nc1ccccc1SCCCCCCCCCCOc1ccccc1I. The van der Waals surface area contributed by atoms with Crippen molar-refractivity contribution >= 4 is 40.0 Å². The summed E-state index contributed by atoms with van der Waals surface area (Å²) in [5.74, 6) is 2.19. The van der Waals surface area contributed by atoms with Crippen LogP contribution in [0.1, 0.15) is 51.4 Å². The maximum absolute atomic E-state index is 5.96. The van der Waals surface area contributed by atoms with Crippen LogP contribution < -0.4 is 10.5 Å². The first-order valence-corrected chi connectivity index (χ1v) is 11.7. The lowest BCUT2D eigenvalue weighted by atomic mass is 10.1. The second kappa shape index (κ2) is 13.3. The van der Waals surface area contributed by atoms with Crippen LogP contribution in [-0.2, 0) is 0 Å². The van der Waals surface area contributed by atoms with Gasteiger partial charge in [0.05, 0.1) is 10.2 Å². The van der Waals surface area contributed by atoms with Gasteiger partial charge in [0.2, 0.25) is 0 Å². The largest absolute Gasteiger partial charge is 0.492 e. The van der Waals surface area contributed by atoms with Crippen molar-refractivity contribution in [1.29, 1.82) is 0 Å². The molecular formula is C22H30INOS. The molecule has 0 aliphatic carbocycles. The summed E-state index contributed by atoms with van der Waals surface area (Å²) in [5.41, 5.74) is 6.87. The second-order valence-corrected chi connectivity index (χ2v) is 8.79. The van der Waals surface area contributed by atoms with E-state index in [0.29, 0.717) is 0 Å². The van der Waals surface area contributed by atoms with E-state index < -0.39 is 0 Å². The predicted molar refractivity (Wildman–Crippen MR) is 123 cm³/mol. The van der Waals surface area contributed by atoms with Crippen molar-refractivity contribution in [2.45, 2.75) is 56.3 Å². The number of para-hydroxylation sites is 2. The van der Waals surface area contributed by atoms with Crippen molar-refractivity contribution in [2.24, 2.45) is 0 Å². The van der Waals surface area contributed by atoms with E-state index in [9.17, 15) is 0 Å². The minimum atomic E-state index is 0.833. The van der Waals surface area contributed by atoms with Crippen molar-refractivity contribution in [1.82, 2.24) is 0 Å². The Kier molecular flexibility index (Phi) is 11.0. The zero-order valence-corrected chi connectivity index (χ0v) is 18.4. The van der Waals surface area contributed by atoms with Gasteiger partial charge in [0.25, 0.3) is 0 Å². The minimum Gasteiger partial charge on any atom is -0.492 e. The van der Waals surface area contributed by atoms with Gasteiger partial charge in [-0.2, -0.15) is 0 Å². The molecule has 0 saturated heterocycles. The highest BCUT2D eigenvalue weighted by molar-refractivity contribution is 14.1. The molecule has 0 spiro atoms. The molecule has 2 aromatic rings. The van der Waals surface area contributed by atoms with Crippen LogP contribution >= 0.6 is 34.4 Å². The van der Waals surface area contributed by atoms with E-state index >= 15 is 0 Å². The lowest BCUT2D eigenvalue weighted by Gasteiger charge is -2.08. The van der Waals surface area contributed by atoms with E-state index in [1.807, 2.05) is 42.1 Å². The molecule has 4 heteroatoms. The molecule has 0 saturated carbocycles. The number of nitrogen functional groups attached to an aromatic ring is 1. The van der Waals surface area contributed by atoms with Crippen LogP contribution in [0.3, 0.4) is 0 Å². The molecule has 0 fully saturated rings. The number of thioether (sulfide) groups is 1. The van der Waals surface area contributed by atoms with Gasteiger partial charge in [-0.05, 0) is 65.5 Å². The number of anilines is 1. The Morgan fingerprint density at radius 2 is 1.38 bits per heavy atom. The lowest BCUT2D eigenvalue weighted by Crippen LogP contribution is -1.98. The van der Waals surface area contributed by atoms with E-state index in [-0.39, 0.29) is 0 Å². The number of halogens is 1. The molecule has 0 atom stereocenters. The number of nitrogens with two attached hydrogens (primary N) is 1. The average molecular weight is 483 g/mol. The topological polar surface area (TPSA) is 35.2 Å². The first kappa shape index (κ1) is 21.4. The molecule has 2 rings (SSSR count). The van der Waals surface area contributed by atoms with Crippen LogP contribution in [0.4, 0.5) is 5.69 Å². The Bertz CT molecular complexity index is 580. The molecule has 0 aliphatic heterocycles. The van der Waals surface area contributed by atoms with Crippen molar-refractivity contribution in [3.8, 4) is 5.75 Å². The van der Waals surface area contributed by atoms with Crippen LogP contribution in [-0.4, -0.2) is 12.4 Å². The monoisotopic (exact) mass is 483 g/mol. The highest BCUT2D eigenvalue weighted by Crippen LogP contribution is 2.25. The molecule has 0 unspecified atom stereocenters. The normalized spacial score (nSPS) is 10.8. The van der Waals surface area contributed by atoms with Gasteiger partial charge >= 0.3 is 0 Å². The van der Waals surface area contributed by atoms with Crippen LogP contribution in [0.15, 0.2) is 53.4 Å². The van der Waals surface area contributed by atoms with Gasteiger partial charge in [-0.3, -0.25) is 0 Å². The number of hydrogen-bond acceptors (Lipinski definition) is 3. The molecule has 0 radical (unpaired) electrons. The quantitative estimate of drug-likeness (QED) is 0.142. The minimum absolute atomic E-state index is 0.833. The highest BCUT2D eigenvalue weighted by atomic mass is 127. The van der Waals surface area contributed by atoms with E-state index in [2.05, 4.69) is 40.8 Å². The summed E-state index contributed by atoms with van der Waals surface area (Å²) in [4.78, 5) is 1.22. The summed E-state index contributed by atoms with van der Waals surface area (Å²) in [6.07, 6.45) is 10.4. The smallest absolute Gasteiger partial charge is 0.132 e. The molecule has 2 nitrogen and oxygen atoms in total. The molecule has 0 bridgehead atoms. The van der Waals surface area contributed by atoms with Gasteiger partial charge in [-0.15, -0.1) is 11.8 Å². The summed E-state index contributed by atoms with van der Waals surface area (Å²) in [7, 11) is 0. The van der Waals surface area contributed by atoms with E-state index in [4.69, 9.17) is 10.5 Å². The summed E-state index contributed by atoms with van der Waals surface area (Å²) in [5, 5.41) is 0. The van der Waals surface area contributed by atoms with Gasteiger partial charge in [0.15, 0.2) is 0 Å². The summed E-state index contributed by atoms with van der Waals surface area (Å²) in [6.45, 7) is 0.833. The third-order valence-corrected chi connectivity index (χ3v) is 6.38. The Morgan fingerprint density at radius 1 is 0.769 bits per heavy atom. The van der Waals surface area contributed by atoms with Crippen molar-refractivity contribution < 1.29 is 4.74 Å². The fourth-order valence-corrected chi connectivity index (χ4v) is 4.32.